The predicted molar refractivity (Wildman–Crippen MR) is 65.3 cm³/mol. The minimum Gasteiger partial charge on any atom is -0.332 e. The number of carbonyl (C=O) groups is 1. The fraction of sp³-hybridized carbons (Fsp3) is 0.357. The van der Waals surface area contributed by atoms with E-state index in [4.69, 9.17) is 0 Å². The van der Waals surface area contributed by atoms with Crippen molar-refractivity contribution in [2.75, 3.05) is 6.54 Å². The SMILES string of the molecule is CC1=CCC(C)N(C(=O)c2ccccc2)C1. The number of amides is 1. The lowest BCUT2D eigenvalue weighted by Gasteiger charge is -2.32. The van der Waals surface area contributed by atoms with E-state index in [1.165, 1.54) is 5.57 Å². The minimum atomic E-state index is 0.139. The maximum Gasteiger partial charge on any atom is 0.254 e. The van der Waals surface area contributed by atoms with Gasteiger partial charge in [0.05, 0.1) is 0 Å². The van der Waals surface area contributed by atoms with E-state index < -0.39 is 0 Å². The van der Waals surface area contributed by atoms with Gasteiger partial charge in [-0.15, -0.1) is 0 Å². The molecule has 0 aromatic heterocycles. The third-order valence-corrected chi connectivity index (χ3v) is 3.04. The van der Waals surface area contributed by atoms with Crippen LogP contribution in [-0.2, 0) is 0 Å². The molecular weight excluding hydrogens is 198 g/mol. The van der Waals surface area contributed by atoms with E-state index in [2.05, 4.69) is 19.9 Å². The molecule has 0 spiro atoms. The molecule has 1 heterocycles. The first-order valence-corrected chi connectivity index (χ1v) is 5.70. The first-order valence-electron chi connectivity index (χ1n) is 5.70. The zero-order valence-corrected chi connectivity index (χ0v) is 9.81. The fourth-order valence-corrected chi connectivity index (χ4v) is 2.01. The quantitative estimate of drug-likeness (QED) is 0.660. The Morgan fingerprint density at radius 3 is 2.69 bits per heavy atom. The van der Waals surface area contributed by atoms with E-state index in [0.717, 1.165) is 18.5 Å². The number of benzene rings is 1. The summed E-state index contributed by atoms with van der Waals surface area (Å²) in [6, 6.07) is 9.80. The van der Waals surface area contributed by atoms with Gasteiger partial charge in [0.1, 0.15) is 0 Å². The van der Waals surface area contributed by atoms with E-state index in [0.29, 0.717) is 6.04 Å². The first-order chi connectivity index (χ1) is 7.68. The Kier molecular flexibility index (Phi) is 3.09. The molecule has 0 aliphatic carbocycles. The molecule has 2 rings (SSSR count). The predicted octanol–water partition coefficient (Wildman–Crippen LogP) is 2.87. The highest BCUT2D eigenvalue weighted by molar-refractivity contribution is 5.94. The Balaban J connectivity index is 2.19. The summed E-state index contributed by atoms with van der Waals surface area (Å²) in [5.41, 5.74) is 2.06. The molecule has 2 heteroatoms. The third-order valence-electron chi connectivity index (χ3n) is 3.04. The Labute approximate surface area is 96.6 Å². The highest BCUT2D eigenvalue weighted by Crippen LogP contribution is 2.18. The van der Waals surface area contributed by atoms with Gasteiger partial charge in [0.2, 0.25) is 0 Å². The molecule has 0 fully saturated rings. The molecule has 1 aromatic carbocycles. The van der Waals surface area contributed by atoms with Crippen LogP contribution in [0, 0.1) is 0 Å². The Morgan fingerprint density at radius 1 is 1.31 bits per heavy atom. The second-order valence-electron chi connectivity index (χ2n) is 4.43. The Hall–Kier alpha value is -1.57. The molecule has 1 amide bonds. The summed E-state index contributed by atoms with van der Waals surface area (Å²) in [5.74, 6) is 0.139. The van der Waals surface area contributed by atoms with Gasteiger partial charge in [0.25, 0.3) is 5.91 Å². The van der Waals surface area contributed by atoms with Crippen molar-refractivity contribution < 1.29 is 4.79 Å². The van der Waals surface area contributed by atoms with Crippen molar-refractivity contribution in [3.05, 3.63) is 47.5 Å². The van der Waals surface area contributed by atoms with Crippen molar-refractivity contribution in [2.45, 2.75) is 26.3 Å². The first kappa shape index (κ1) is 10.9. The normalized spacial score (nSPS) is 20.5. The summed E-state index contributed by atoms with van der Waals surface area (Å²) < 4.78 is 0. The zero-order chi connectivity index (χ0) is 11.5. The van der Waals surface area contributed by atoms with E-state index in [9.17, 15) is 4.79 Å². The zero-order valence-electron chi connectivity index (χ0n) is 9.81. The largest absolute Gasteiger partial charge is 0.332 e. The molecular formula is C14H17NO. The molecule has 0 bridgehead atoms. The highest BCUT2D eigenvalue weighted by atomic mass is 16.2. The maximum atomic E-state index is 12.3. The number of carbonyl (C=O) groups excluding carboxylic acids is 1. The summed E-state index contributed by atoms with van der Waals surface area (Å²) in [7, 11) is 0. The smallest absolute Gasteiger partial charge is 0.254 e. The van der Waals surface area contributed by atoms with Crippen LogP contribution in [0.2, 0.25) is 0 Å². The average Bonchev–Trinajstić information content (AvgIpc) is 2.32. The second-order valence-corrected chi connectivity index (χ2v) is 4.43. The topological polar surface area (TPSA) is 20.3 Å². The summed E-state index contributed by atoms with van der Waals surface area (Å²) in [6.07, 6.45) is 3.18. The lowest BCUT2D eigenvalue weighted by Crippen LogP contribution is -2.41. The molecule has 1 atom stereocenters. The molecule has 0 saturated carbocycles. The van der Waals surface area contributed by atoms with Crippen LogP contribution in [0.25, 0.3) is 0 Å². The van der Waals surface area contributed by atoms with Crippen molar-refractivity contribution in [3.63, 3.8) is 0 Å². The van der Waals surface area contributed by atoms with Crippen molar-refractivity contribution in [3.8, 4) is 0 Å². The molecule has 0 saturated heterocycles. The fourth-order valence-electron chi connectivity index (χ4n) is 2.01. The molecule has 16 heavy (non-hydrogen) atoms. The van der Waals surface area contributed by atoms with Gasteiger partial charge in [0, 0.05) is 18.2 Å². The van der Waals surface area contributed by atoms with Gasteiger partial charge in [-0.25, -0.2) is 0 Å². The van der Waals surface area contributed by atoms with E-state index in [1.807, 2.05) is 35.2 Å². The van der Waals surface area contributed by atoms with Crippen molar-refractivity contribution in [1.29, 1.82) is 0 Å². The molecule has 0 N–H and O–H groups in total. The Bertz CT molecular complexity index is 408. The standard InChI is InChI=1S/C14H17NO/c1-11-8-9-12(2)15(10-11)14(16)13-6-4-3-5-7-13/h3-8,12H,9-10H2,1-2H3. The van der Waals surface area contributed by atoms with Crippen LogP contribution >= 0.6 is 0 Å². The van der Waals surface area contributed by atoms with Crippen LogP contribution in [0.4, 0.5) is 0 Å². The van der Waals surface area contributed by atoms with Crippen LogP contribution < -0.4 is 0 Å². The van der Waals surface area contributed by atoms with Gasteiger partial charge in [-0.1, -0.05) is 29.8 Å². The van der Waals surface area contributed by atoms with Gasteiger partial charge in [-0.2, -0.15) is 0 Å². The van der Waals surface area contributed by atoms with Crippen LogP contribution in [-0.4, -0.2) is 23.4 Å². The number of hydrogen-bond acceptors (Lipinski definition) is 1. The molecule has 1 aliphatic heterocycles. The monoisotopic (exact) mass is 215 g/mol. The van der Waals surface area contributed by atoms with Gasteiger partial charge in [0.15, 0.2) is 0 Å². The van der Waals surface area contributed by atoms with Crippen molar-refractivity contribution in [1.82, 2.24) is 4.90 Å². The minimum absolute atomic E-state index is 0.139. The molecule has 2 nitrogen and oxygen atoms in total. The van der Waals surface area contributed by atoms with E-state index in [1.54, 1.807) is 0 Å². The van der Waals surface area contributed by atoms with Crippen LogP contribution in [0.5, 0.6) is 0 Å². The van der Waals surface area contributed by atoms with Crippen LogP contribution in [0.15, 0.2) is 42.0 Å². The summed E-state index contributed by atoms with van der Waals surface area (Å²) in [5, 5.41) is 0. The van der Waals surface area contributed by atoms with Crippen molar-refractivity contribution in [2.24, 2.45) is 0 Å². The lowest BCUT2D eigenvalue weighted by atomic mass is 10.0. The van der Waals surface area contributed by atoms with E-state index in [-0.39, 0.29) is 5.91 Å². The lowest BCUT2D eigenvalue weighted by molar-refractivity contribution is 0.0702. The third kappa shape index (κ3) is 2.16. The summed E-state index contributed by atoms with van der Waals surface area (Å²) in [4.78, 5) is 14.2. The molecule has 1 aliphatic rings. The molecule has 1 aromatic rings. The van der Waals surface area contributed by atoms with Gasteiger partial charge < -0.3 is 4.90 Å². The van der Waals surface area contributed by atoms with E-state index >= 15 is 0 Å². The van der Waals surface area contributed by atoms with Gasteiger partial charge >= 0.3 is 0 Å². The van der Waals surface area contributed by atoms with Crippen LogP contribution in [0.3, 0.4) is 0 Å². The van der Waals surface area contributed by atoms with Crippen LogP contribution in [0.1, 0.15) is 30.6 Å². The maximum absolute atomic E-state index is 12.3. The number of hydrogen-bond donors (Lipinski definition) is 0. The highest BCUT2D eigenvalue weighted by Gasteiger charge is 2.23. The average molecular weight is 215 g/mol. The number of rotatable bonds is 1. The van der Waals surface area contributed by atoms with Gasteiger partial charge in [-0.3, -0.25) is 4.79 Å². The molecule has 0 radical (unpaired) electrons. The number of nitrogens with zero attached hydrogens (tertiary/aromatic N) is 1. The summed E-state index contributed by atoms with van der Waals surface area (Å²) in [6.45, 7) is 4.94. The van der Waals surface area contributed by atoms with Gasteiger partial charge in [-0.05, 0) is 32.4 Å². The molecule has 1 unspecified atom stereocenters. The Morgan fingerprint density at radius 2 is 2.00 bits per heavy atom. The summed E-state index contributed by atoms with van der Waals surface area (Å²) >= 11 is 0. The molecule has 84 valence electrons. The second kappa shape index (κ2) is 4.52. The van der Waals surface area contributed by atoms with Crippen molar-refractivity contribution >= 4 is 5.91 Å².